The Labute approximate surface area is 135 Å². The maximum atomic E-state index is 11.6. The minimum absolute atomic E-state index is 0.0385. The van der Waals surface area contributed by atoms with E-state index in [0.717, 1.165) is 12.8 Å². The van der Waals surface area contributed by atoms with Crippen molar-refractivity contribution < 1.29 is 14.3 Å². The van der Waals surface area contributed by atoms with E-state index in [9.17, 15) is 9.59 Å². The fraction of sp³-hybridized carbons (Fsp3) is 0.500. The second-order valence-corrected chi connectivity index (χ2v) is 5.70. The fourth-order valence-electron chi connectivity index (χ4n) is 1.94. The number of hydrogen-bond donors (Lipinski definition) is 2. The normalized spacial score (nSPS) is 13.5. The first-order valence-electron chi connectivity index (χ1n) is 7.58. The van der Waals surface area contributed by atoms with Gasteiger partial charge in [-0.3, -0.25) is 9.59 Å². The molecule has 5 nitrogen and oxygen atoms in total. The summed E-state index contributed by atoms with van der Waals surface area (Å²) in [4.78, 5) is 23.0. The summed E-state index contributed by atoms with van der Waals surface area (Å²) in [5.74, 6) is 0.899. The number of amides is 2. The number of hydrogen-bond acceptors (Lipinski definition) is 3. The first-order valence-corrected chi connectivity index (χ1v) is 7.96. The Morgan fingerprint density at radius 1 is 1.18 bits per heavy atom. The third kappa shape index (κ3) is 5.93. The minimum Gasteiger partial charge on any atom is -0.492 e. The second-order valence-electron chi connectivity index (χ2n) is 5.30. The summed E-state index contributed by atoms with van der Waals surface area (Å²) in [5.41, 5.74) is 0. The van der Waals surface area contributed by atoms with Crippen molar-refractivity contribution in [2.75, 3.05) is 19.7 Å². The maximum absolute atomic E-state index is 11.6. The molecule has 2 rings (SSSR count). The van der Waals surface area contributed by atoms with Crippen molar-refractivity contribution in [3.05, 3.63) is 29.3 Å². The number of ether oxygens (including phenoxy) is 1. The van der Waals surface area contributed by atoms with E-state index in [-0.39, 0.29) is 17.7 Å². The molecule has 0 unspecified atom stereocenters. The van der Waals surface area contributed by atoms with E-state index in [1.807, 2.05) is 12.1 Å². The summed E-state index contributed by atoms with van der Waals surface area (Å²) in [6.07, 6.45) is 2.99. The van der Waals surface area contributed by atoms with Crippen molar-refractivity contribution in [3.8, 4) is 5.75 Å². The van der Waals surface area contributed by atoms with Crippen molar-refractivity contribution >= 4 is 23.4 Å². The molecule has 1 aliphatic rings. The topological polar surface area (TPSA) is 67.4 Å². The molecule has 2 N–H and O–H groups in total. The fourth-order valence-corrected chi connectivity index (χ4v) is 2.13. The van der Waals surface area contributed by atoms with E-state index in [4.69, 9.17) is 16.3 Å². The van der Waals surface area contributed by atoms with Crippen LogP contribution in [0, 0.1) is 5.92 Å². The molecular formula is C16H21ClN2O3. The minimum atomic E-state index is -0.0385. The van der Waals surface area contributed by atoms with Gasteiger partial charge in [0, 0.05) is 25.4 Å². The molecular weight excluding hydrogens is 304 g/mol. The van der Waals surface area contributed by atoms with Crippen molar-refractivity contribution in [1.29, 1.82) is 0 Å². The first-order chi connectivity index (χ1) is 10.7. The number of carbonyl (C=O) groups is 2. The molecule has 2 amide bonds. The number of nitrogens with one attached hydrogen (secondary N) is 2. The molecule has 1 saturated carbocycles. The molecule has 6 heteroatoms. The monoisotopic (exact) mass is 324 g/mol. The summed E-state index contributed by atoms with van der Waals surface area (Å²) in [7, 11) is 0. The number of para-hydroxylation sites is 1. The molecule has 1 aromatic rings. The molecule has 0 aromatic heterocycles. The van der Waals surface area contributed by atoms with Crippen LogP contribution in [0.5, 0.6) is 5.75 Å². The van der Waals surface area contributed by atoms with E-state index in [0.29, 0.717) is 43.3 Å². The van der Waals surface area contributed by atoms with Crippen LogP contribution in [0.15, 0.2) is 24.3 Å². The maximum Gasteiger partial charge on any atom is 0.223 e. The highest BCUT2D eigenvalue weighted by Crippen LogP contribution is 2.28. The van der Waals surface area contributed by atoms with Crippen molar-refractivity contribution in [1.82, 2.24) is 10.6 Å². The summed E-state index contributed by atoms with van der Waals surface area (Å²) in [6, 6.07) is 7.25. The lowest BCUT2D eigenvalue weighted by Crippen LogP contribution is -2.35. The average Bonchev–Trinajstić information content (AvgIpc) is 3.34. The molecule has 1 aromatic carbocycles. The van der Waals surface area contributed by atoms with Gasteiger partial charge in [0.05, 0.1) is 11.6 Å². The zero-order valence-electron chi connectivity index (χ0n) is 12.4. The quantitative estimate of drug-likeness (QED) is 0.684. The lowest BCUT2D eigenvalue weighted by atomic mass is 10.3. The molecule has 22 heavy (non-hydrogen) atoms. The van der Waals surface area contributed by atoms with Gasteiger partial charge in [0.2, 0.25) is 11.8 Å². The average molecular weight is 325 g/mol. The Bertz CT molecular complexity index is 518. The summed E-state index contributed by atoms with van der Waals surface area (Å²) in [6.45, 7) is 1.38. The van der Waals surface area contributed by atoms with Crippen LogP contribution >= 0.6 is 11.6 Å². The van der Waals surface area contributed by atoms with Gasteiger partial charge in [0.15, 0.2) is 0 Å². The summed E-state index contributed by atoms with van der Waals surface area (Å²) >= 11 is 5.96. The molecule has 120 valence electrons. The highest BCUT2D eigenvalue weighted by molar-refractivity contribution is 6.32. The number of benzene rings is 1. The third-order valence-corrected chi connectivity index (χ3v) is 3.65. The lowest BCUT2D eigenvalue weighted by Gasteiger charge is -2.08. The van der Waals surface area contributed by atoms with Gasteiger partial charge in [0.1, 0.15) is 5.75 Å². The number of halogens is 1. The van der Waals surface area contributed by atoms with Crippen LogP contribution in [0.3, 0.4) is 0 Å². The van der Waals surface area contributed by atoms with E-state index in [1.165, 1.54) is 0 Å². The summed E-state index contributed by atoms with van der Waals surface area (Å²) in [5, 5.41) is 6.14. The van der Waals surface area contributed by atoms with Crippen LogP contribution in [0.25, 0.3) is 0 Å². The van der Waals surface area contributed by atoms with Crippen LogP contribution in [0.2, 0.25) is 5.02 Å². The molecule has 0 bridgehead atoms. The van der Waals surface area contributed by atoms with Crippen LogP contribution < -0.4 is 15.4 Å². The highest BCUT2D eigenvalue weighted by atomic mass is 35.5. The number of rotatable bonds is 9. The smallest absolute Gasteiger partial charge is 0.223 e. The summed E-state index contributed by atoms with van der Waals surface area (Å²) < 4.78 is 5.51. The van der Waals surface area contributed by atoms with Gasteiger partial charge in [-0.25, -0.2) is 0 Å². The molecule has 1 fully saturated rings. The molecule has 0 spiro atoms. The van der Waals surface area contributed by atoms with Crippen LogP contribution in [-0.2, 0) is 9.59 Å². The highest BCUT2D eigenvalue weighted by Gasteiger charge is 2.28. The Balaban J connectivity index is 1.49. The van der Waals surface area contributed by atoms with E-state index in [1.54, 1.807) is 12.1 Å². The first kappa shape index (κ1) is 16.6. The van der Waals surface area contributed by atoms with Crippen LogP contribution in [0.1, 0.15) is 25.7 Å². The molecule has 1 aliphatic carbocycles. The van der Waals surface area contributed by atoms with Gasteiger partial charge >= 0.3 is 0 Å². The van der Waals surface area contributed by atoms with Crippen molar-refractivity contribution in [2.45, 2.75) is 25.7 Å². The molecule has 0 saturated heterocycles. The van der Waals surface area contributed by atoms with Gasteiger partial charge in [-0.15, -0.1) is 0 Å². The zero-order chi connectivity index (χ0) is 15.8. The zero-order valence-corrected chi connectivity index (χ0v) is 13.2. The van der Waals surface area contributed by atoms with Gasteiger partial charge in [0.25, 0.3) is 0 Å². The Kier molecular flexibility index (Phi) is 6.52. The standard InChI is InChI=1S/C16H21ClN2O3/c17-13-4-1-2-5-14(13)22-11-3-6-15(20)18-9-10-19-16(21)12-7-8-12/h1-2,4-5,12H,3,6-11H2,(H,18,20)(H,19,21). The van der Waals surface area contributed by atoms with E-state index in [2.05, 4.69) is 10.6 Å². The van der Waals surface area contributed by atoms with Gasteiger partial charge in [-0.05, 0) is 31.4 Å². The van der Waals surface area contributed by atoms with E-state index < -0.39 is 0 Å². The molecule has 0 aliphatic heterocycles. The second kappa shape index (κ2) is 8.63. The van der Waals surface area contributed by atoms with Crippen LogP contribution in [0.4, 0.5) is 0 Å². The Morgan fingerprint density at radius 2 is 1.91 bits per heavy atom. The number of carbonyl (C=O) groups excluding carboxylic acids is 2. The van der Waals surface area contributed by atoms with Gasteiger partial charge in [-0.1, -0.05) is 23.7 Å². The predicted octanol–water partition coefficient (Wildman–Crippen LogP) is 2.14. The Morgan fingerprint density at radius 3 is 2.64 bits per heavy atom. The lowest BCUT2D eigenvalue weighted by molar-refractivity contribution is -0.123. The van der Waals surface area contributed by atoms with Crippen molar-refractivity contribution in [2.24, 2.45) is 5.92 Å². The van der Waals surface area contributed by atoms with Gasteiger partial charge < -0.3 is 15.4 Å². The van der Waals surface area contributed by atoms with Gasteiger partial charge in [-0.2, -0.15) is 0 Å². The molecule has 0 radical (unpaired) electrons. The van der Waals surface area contributed by atoms with Crippen molar-refractivity contribution in [3.63, 3.8) is 0 Å². The SMILES string of the molecule is O=C(CCCOc1ccccc1Cl)NCCNC(=O)C1CC1. The largest absolute Gasteiger partial charge is 0.492 e. The molecule has 0 atom stereocenters. The third-order valence-electron chi connectivity index (χ3n) is 3.34. The Hall–Kier alpha value is -1.75. The van der Waals surface area contributed by atoms with Crippen LogP contribution in [-0.4, -0.2) is 31.5 Å². The predicted molar refractivity (Wildman–Crippen MR) is 84.9 cm³/mol. The molecule has 0 heterocycles. The van der Waals surface area contributed by atoms with E-state index >= 15 is 0 Å².